The lowest BCUT2D eigenvalue weighted by Crippen LogP contribution is -2.45. The zero-order valence-electron chi connectivity index (χ0n) is 18.3. The average molecular weight is 452 g/mol. The molecule has 1 N–H and O–H groups in total. The van der Waals surface area contributed by atoms with Crippen LogP contribution >= 0.6 is 0 Å². The highest BCUT2D eigenvalue weighted by atomic mass is 19.1. The number of benzene rings is 2. The first-order valence-corrected chi connectivity index (χ1v) is 11.2. The maximum atomic E-state index is 14.0. The molecule has 2 aromatic carbocycles. The van der Waals surface area contributed by atoms with Gasteiger partial charge in [-0.05, 0) is 67.9 Å². The molecule has 1 aromatic heterocycles. The van der Waals surface area contributed by atoms with Crippen LogP contribution in [0.1, 0.15) is 30.1 Å². The molecular formula is C26H27F2N3O2. The van der Waals surface area contributed by atoms with Gasteiger partial charge in [-0.25, -0.2) is 8.78 Å². The van der Waals surface area contributed by atoms with E-state index in [2.05, 4.69) is 10.3 Å². The Hall–Kier alpha value is -3.32. The number of amides is 1. The summed E-state index contributed by atoms with van der Waals surface area (Å²) in [7, 11) is 0. The molecule has 4 rings (SSSR count). The standard InChI is InChI=1S/C26H27F2N3O2/c27-21-10-8-19(9-11-21)25(23-6-3-4-14-30-23)31(26(32)20-12-15-29-16-13-20)17-18-33-24-7-2-1-5-22(24)28/h1-11,14,20,25,29H,12-13,15-18H2/t25-/m0/s1. The van der Waals surface area contributed by atoms with E-state index in [0.29, 0.717) is 5.69 Å². The molecule has 1 aliphatic rings. The van der Waals surface area contributed by atoms with Crippen LogP contribution in [-0.4, -0.2) is 42.0 Å². The molecule has 1 atom stereocenters. The monoisotopic (exact) mass is 451 g/mol. The number of rotatable bonds is 8. The molecule has 0 aliphatic carbocycles. The Kier molecular flexibility index (Phi) is 7.62. The van der Waals surface area contributed by atoms with Gasteiger partial charge in [-0.3, -0.25) is 9.78 Å². The average Bonchev–Trinajstić information content (AvgIpc) is 2.86. The number of nitrogens with zero attached hydrogens (tertiary/aromatic N) is 2. The van der Waals surface area contributed by atoms with Crippen LogP contribution in [0.4, 0.5) is 8.78 Å². The SMILES string of the molecule is O=C(C1CCNCC1)N(CCOc1ccccc1F)[C@@H](c1ccc(F)cc1)c1ccccn1. The topological polar surface area (TPSA) is 54.5 Å². The Morgan fingerprint density at radius 2 is 1.76 bits per heavy atom. The van der Waals surface area contributed by atoms with Gasteiger partial charge in [-0.2, -0.15) is 0 Å². The van der Waals surface area contributed by atoms with E-state index in [1.807, 2.05) is 18.2 Å². The van der Waals surface area contributed by atoms with E-state index in [1.165, 1.54) is 18.2 Å². The van der Waals surface area contributed by atoms with Gasteiger partial charge in [0.25, 0.3) is 0 Å². The lowest BCUT2D eigenvalue weighted by molar-refractivity contribution is -0.138. The first-order chi connectivity index (χ1) is 16.1. The summed E-state index contributed by atoms with van der Waals surface area (Å²) >= 11 is 0. The molecule has 1 amide bonds. The summed E-state index contributed by atoms with van der Waals surface area (Å²) < 4.78 is 33.4. The van der Waals surface area contributed by atoms with Crippen LogP contribution in [0.15, 0.2) is 72.9 Å². The maximum Gasteiger partial charge on any atom is 0.226 e. The highest BCUT2D eigenvalue weighted by Gasteiger charge is 2.33. The minimum atomic E-state index is -0.515. The number of carbonyl (C=O) groups is 1. The zero-order valence-corrected chi connectivity index (χ0v) is 18.3. The van der Waals surface area contributed by atoms with Gasteiger partial charge in [0.2, 0.25) is 5.91 Å². The molecule has 1 saturated heterocycles. The summed E-state index contributed by atoms with van der Waals surface area (Å²) in [5.74, 6) is -0.797. The van der Waals surface area contributed by atoms with E-state index in [4.69, 9.17) is 4.74 Å². The third-order valence-electron chi connectivity index (χ3n) is 5.86. The minimum Gasteiger partial charge on any atom is -0.489 e. The zero-order chi connectivity index (χ0) is 23.0. The third kappa shape index (κ3) is 5.73. The number of hydrogen-bond acceptors (Lipinski definition) is 4. The molecule has 2 heterocycles. The lowest BCUT2D eigenvalue weighted by atomic mass is 9.93. The lowest BCUT2D eigenvalue weighted by Gasteiger charge is -2.35. The smallest absolute Gasteiger partial charge is 0.226 e. The summed E-state index contributed by atoms with van der Waals surface area (Å²) in [5.41, 5.74) is 1.43. The van der Waals surface area contributed by atoms with Crippen LogP contribution in [0, 0.1) is 17.6 Å². The van der Waals surface area contributed by atoms with Crippen molar-refractivity contribution in [2.24, 2.45) is 5.92 Å². The van der Waals surface area contributed by atoms with Crippen molar-refractivity contribution in [1.82, 2.24) is 15.2 Å². The number of para-hydroxylation sites is 1. The largest absolute Gasteiger partial charge is 0.489 e. The molecule has 0 radical (unpaired) electrons. The summed E-state index contributed by atoms with van der Waals surface area (Å²) in [6.45, 7) is 1.90. The van der Waals surface area contributed by atoms with Crippen molar-refractivity contribution in [3.63, 3.8) is 0 Å². The van der Waals surface area contributed by atoms with Crippen molar-refractivity contribution in [2.45, 2.75) is 18.9 Å². The molecule has 0 spiro atoms. The van der Waals surface area contributed by atoms with E-state index < -0.39 is 11.9 Å². The molecular weight excluding hydrogens is 424 g/mol. The number of halogens is 2. The fourth-order valence-electron chi connectivity index (χ4n) is 4.18. The van der Waals surface area contributed by atoms with Gasteiger partial charge >= 0.3 is 0 Å². The first kappa shape index (κ1) is 22.9. The van der Waals surface area contributed by atoms with Gasteiger partial charge in [0.15, 0.2) is 11.6 Å². The molecule has 1 aliphatic heterocycles. The number of carbonyl (C=O) groups excluding carboxylic acids is 1. The van der Waals surface area contributed by atoms with Crippen LogP contribution in [-0.2, 0) is 4.79 Å². The summed E-state index contributed by atoms with van der Waals surface area (Å²) in [5, 5.41) is 3.29. The fourth-order valence-corrected chi connectivity index (χ4v) is 4.18. The Morgan fingerprint density at radius 1 is 1.03 bits per heavy atom. The second kappa shape index (κ2) is 11.0. The van der Waals surface area contributed by atoms with Crippen LogP contribution in [0.3, 0.4) is 0 Å². The summed E-state index contributed by atoms with van der Waals surface area (Å²) in [6, 6.07) is 17.3. The quantitative estimate of drug-likeness (QED) is 0.553. The van der Waals surface area contributed by atoms with Gasteiger partial charge < -0.3 is 15.0 Å². The van der Waals surface area contributed by atoms with E-state index in [1.54, 1.807) is 41.4 Å². The Labute approximate surface area is 192 Å². The molecule has 5 nitrogen and oxygen atoms in total. The third-order valence-corrected chi connectivity index (χ3v) is 5.86. The number of aromatic nitrogens is 1. The molecule has 3 aromatic rings. The molecule has 172 valence electrons. The normalized spacial score (nSPS) is 15.1. The van der Waals surface area contributed by atoms with E-state index >= 15 is 0 Å². The predicted octanol–water partition coefficient (Wildman–Crippen LogP) is 4.36. The Bertz CT molecular complexity index is 1040. The number of ether oxygens (including phenoxy) is 1. The second-order valence-electron chi connectivity index (χ2n) is 8.04. The van der Waals surface area contributed by atoms with Crippen LogP contribution in [0.25, 0.3) is 0 Å². The van der Waals surface area contributed by atoms with Crippen molar-refractivity contribution in [2.75, 3.05) is 26.2 Å². The molecule has 0 bridgehead atoms. The number of pyridine rings is 1. The van der Waals surface area contributed by atoms with Crippen molar-refractivity contribution in [3.05, 3.63) is 95.8 Å². The summed E-state index contributed by atoms with van der Waals surface area (Å²) in [6.07, 6.45) is 3.15. The number of piperidine rings is 1. The van der Waals surface area contributed by atoms with Crippen molar-refractivity contribution >= 4 is 5.91 Å². The Morgan fingerprint density at radius 3 is 2.45 bits per heavy atom. The van der Waals surface area contributed by atoms with Gasteiger partial charge in [0, 0.05) is 12.1 Å². The van der Waals surface area contributed by atoms with Crippen LogP contribution < -0.4 is 10.1 Å². The highest BCUT2D eigenvalue weighted by Crippen LogP contribution is 2.30. The Balaban J connectivity index is 1.65. The highest BCUT2D eigenvalue weighted by molar-refractivity contribution is 5.80. The molecule has 0 saturated carbocycles. The van der Waals surface area contributed by atoms with E-state index in [9.17, 15) is 13.6 Å². The van der Waals surface area contributed by atoms with Crippen LogP contribution in [0.2, 0.25) is 0 Å². The van der Waals surface area contributed by atoms with Crippen molar-refractivity contribution in [3.8, 4) is 5.75 Å². The number of nitrogens with one attached hydrogen (secondary N) is 1. The summed E-state index contributed by atoms with van der Waals surface area (Å²) in [4.78, 5) is 20.0. The van der Waals surface area contributed by atoms with Gasteiger partial charge in [0.1, 0.15) is 12.4 Å². The van der Waals surface area contributed by atoms with Crippen LogP contribution in [0.5, 0.6) is 5.75 Å². The van der Waals surface area contributed by atoms with Gasteiger partial charge in [0.05, 0.1) is 18.3 Å². The van der Waals surface area contributed by atoms with E-state index in [-0.39, 0.29) is 36.5 Å². The first-order valence-electron chi connectivity index (χ1n) is 11.2. The van der Waals surface area contributed by atoms with E-state index in [0.717, 1.165) is 31.5 Å². The molecule has 0 unspecified atom stereocenters. The predicted molar refractivity (Wildman–Crippen MR) is 122 cm³/mol. The van der Waals surface area contributed by atoms with Gasteiger partial charge in [-0.15, -0.1) is 0 Å². The van der Waals surface area contributed by atoms with Gasteiger partial charge in [-0.1, -0.05) is 30.3 Å². The minimum absolute atomic E-state index is 0.00592. The van der Waals surface area contributed by atoms with Crippen molar-refractivity contribution < 1.29 is 18.3 Å². The number of hydrogen-bond donors (Lipinski definition) is 1. The maximum absolute atomic E-state index is 14.0. The second-order valence-corrected chi connectivity index (χ2v) is 8.04. The molecule has 33 heavy (non-hydrogen) atoms. The molecule has 1 fully saturated rings. The van der Waals surface area contributed by atoms with Crippen molar-refractivity contribution in [1.29, 1.82) is 0 Å². The fraction of sp³-hybridized carbons (Fsp3) is 0.308. The molecule has 7 heteroatoms.